The molecule has 0 saturated heterocycles. The Kier molecular flexibility index (Phi) is 4.83. The predicted octanol–water partition coefficient (Wildman–Crippen LogP) is 3.54. The summed E-state index contributed by atoms with van der Waals surface area (Å²) in [4.78, 5) is 16.7. The number of imidazole rings is 1. The van der Waals surface area contributed by atoms with Gasteiger partial charge in [-0.3, -0.25) is 4.79 Å². The van der Waals surface area contributed by atoms with Crippen LogP contribution in [-0.4, -0.2) is 21.0 Å². The molecule has 0 saturated carbocycles. The van der Waals surface area contributed by atoms with Crippen LogP contribution in [0.2, 0.25) is 5.02 Å². The molecule has 7 heteroatoms. The van der Waals surface area contributed by atoms with Crippen molar-refractivity contribution in [3.63, 3.8) is 0 Å². The van der Waals surface area contributed by atoms with Gasteiger partial charge in [-0.25, -0.2) is 9.37 Å². The molecule has 1 N–H and O–H groups in total. The first-order chi connectivity index (χ1) is 11.1. The van der Waals surface area contributed by atoms with E-state index in [0.29, 0.717) is 16.5 Å². The monoisotopic (exact) mass is 349 g/mol. The third-order valence-corrected chi connectivity index (χ3v) is 4.40. The van der Waals surface area contributed by atoms with Crippen LogP contribution in [0.15, 0.2) is 53.7 Å². The maximum atomic E-state index is 13.5. The van der Waals surface area contributed by atoms with Crippen LogP contribution in [0.3, 0.4) is 0 Å². The Morgan fingerprint density at radius 3 is 2.91 bits per heavy atom. The van der Waals surface area contributed by atoms with Crippen molar-refractivity contribution in [3.8, 4) is 0 Å². The number of aromatic nitrogens is 2. The second kappa shape index (κ2) is 7.02. The van der Waals surface area contributed by atoms with Gasteiger partial charge in [0.15, 0.2) is 0 Å². The third kappa shape index (κ3) is 4.03. The predicted molar refractivity (Wildman–Crippen MR) is 89.2 cm³/mol. The van der Waals surface area contributed by atoms with E-state index < -0.39 is 0 Å². The molecule has 0 aliphatic rings. The van der Waals surface area contributed by atoms with Gasteiger partial charge in [-0.2, -0.15) is 0 Å². The van der Waals surface area contributed by atoms with Crippen molar-refractivity contribution in [3.05, 3.63) is 65.3 Å². The van der Waals surface area contributed by atoms with Crippen LogP contribution in [-0.2, 0) is 11.3 Å². The van der Waals surface area contributed by atoms with Gasteiger partial charge in [-0.15, -0.1) is 11.8 Å². The lowest BCUT2D eigenvalue weighted by Gasteiger charge is -2.04. The first-order valence-corrected chi connectivity index (χ1v) is 8.25. The first-order valence-electron chi connectivity index (χ1n) is 6.89. The number of halogens is 2. The lowest BCUT2D eigenvalue weighted by atomic mass is 10.3. The molecule has 0 aliphatic carbocycles. The lowest BCUT2D eigenvalue weighted by Crippen LogP contribution is -2.24. The summed E-state index contributed by atoms with van der Waals surface area (Å²) in [5, 5.41) is 3.39. The lowest BCUT2D eigenvalue weighted by molar-refractivity contribution is -0.118. The van der Waals surface area contributed by atoms with E-state index in [0.717, 1.165) is 11.3 Å². The van der Waals surface area contributed by atoms with E-state index in [1.807, 2.05) is 12.3 Å². The molecule has 0 unspecified atom stereocenters. The molecule has 1 amide bonds. The zero-order valence-electron chi connectivity index (χ0n) is 12.0. The van der Waals surface area contributed by atoms with Crippen LogP contribution in [0.1, 0.15) is 5.69 Å². The van der Waals surface area contributed by atoms with Gasteiger partial charge in [0.25, 0.3) is 0 Å². The van der Waals surface area contributed by atoms with Crippen molar-refractivity contribution < 1.29 is 9.18 Å². The SMILES string of the molecule is O=C(CSc1ccccc1F)NCc1cn2cc(Cl)ccc2n1. The largest absolute Gasteiger partial charge is 0.350 e. The first kappa shape index (κ1) is 15.8. The number of hydrogen-bond acceptors (Lipinski definition) is 3. The molecule has 0 radical (unpaired) electrons. The molecule has 2 heterocycles. The number of fused-ring (bicyclic) bond motifs is 1. The van der Waals surface area contributed by atoms with Crippen molar-refractivity contribution in [1.29, 1.82) is 0 Å². The fraction of sp³-hybridized carbons (Fsp3) is 0.125. The molecule has 3 rings (SSSR count). The number of hydrogen-bond donors (Lipinski definition) is 1. The van der Waals surface area contributed by atoms with Gasteiger partial charge in [0, 0.05) is 17.3 Å². The van der Waals surface area contributed by atoms with Crippen molar-refractivity contribution in [2.45, 2.75) is 11.4 Å². The summed E-state index contributed by atoms with van der Waals surface area (Å²) in [5.41, 5.74) is 1.50. The average Bonchev–Trinajstić information content (AvgIpc) is 2.94. The van der Waals surface area contributed by atoms with Crippen LogP contribution >= 0.6 is 23.4 Å². The highest BCUT2D eigenvalue weighted by atomic mass is 35.5. The minimum atomic E-state index is -0.317. The van der Waals surface area contributed by atoms with Crippen LogP contribution in [0.25, 0.3) is 5.65 Å². The van der Waals surface area contributed by atoms with E-state index >= 15 is 0 Å². The van der Waals surface area contributed by atoms with Crippen LogP contribution in [0.5, 0.6) is 0 Å². The number of carbonyl (C=O) groups excluding carboxylic acids is 1. The van der Waals surface area contributed by atoms with E-state index in [1.165, 1.54) is 17.8 Å². The maximum absolute atomic E-state index is 13.5. The molecule has 0 bridgehead atoms. The Hall–Kier alpha value is -2.05. The van der Waals surface area contributed by atoms with Gasteiger partial charge < -0.3 is 9.72 Å². The van der Waals surface area contributed by atoms with Gasteiger partial charge >= 0.3 is 0 Å². The normalized spacial score (nSPS) is 10.9. The van der Waals surface area contributed by atoms with Crippen LogP contribution < -0.4 is 5.32 Å². The van der Waals surface area contributed by atoms with Gasteiger partial charge in [0.2, 0.25) is 5.91 Å². The van der Waals surface area contributed by atoms with Gasteiger partial charge in [0.1, 0.15) is 11.5 Å². The molecule has 4 nitrogen and oxygen atoms in total. The molecule has 3 aromatic rings. The number of thioether (sulfide) groups is 1. The van der Waals surface area contributed by atoms with Crippen LogP contribution in [0.4, 0.5) is 4.39 Å². The summed E-state index contributed by atoms with van der Waals surface area (Å²) in [7, 11) is 0. The highest BCUT2D eigenvalue weighted by Gasteiger charge is 2.08. The fourth-order valence-corrected chi connectivity index (χ4v) is 2.99. The van der Waals surface area contributed by atoms with Crippen molar-refractivity contribution in [2.24, 2.45) is 0 Å². The minimum absolute atomic E-state index is 0.153. The second-order valence-electron chi connectivity index (χ2n) is 4.84. The molecule has 23 heavy (non-hydrogen) atoms. The Labute approximate surface area is 141 Å². The minimum Gasteiger partial charge on any atom is -0.350 e. The number of benzene rings is 1. The van der Waals surface area contributed by atoms with E-state index in [-0.39, 0.29) is 17.5 Å². The van der Waals surface area contributed by atoms with E-state index in [2.05, 4.69) is 10.3 Å². The van der Waals surface area contributed by atoms with Gasteiger partial charge in [-0.05, 0) is 24.3 Å². The van der Waals surface area contributed by atoms with Crippen molar-refractivity contribution >= 4 is 34.9 Å². The van der Waals surface area contributed by atoms with Crippen molar-refractivity contribution in [1.82, 2.24) is 14.7 Å². The number of amides is 1. The summed E-state index contributed by atoms with van der Waals surface area (Å²) >= 11 is 7.08. The Morgan fingerprint density at radius 1 is 1.26 bits per heavy atom. The second-order valence-corrected chi connectivity index (χ2v) is 6.29. The Balaban J connectivity index is 1.54. The summed E-state index contributed by atoms with van der Waals surface area (Å²) in [6, 6.07) is 9.96. The highest BCUT2D eigenvalue weighted by molar-refractivity contribution is 8.00. The smallest absolute Gasteiger partial charge is 0.230 e. The van der Waals surface area contributed by atoms with E-state index in [9.17, 15) is 9.18 Å². The Morgan fingerprint density at radius 2 is 2.09 bits per heavy atom. The standard InChI is InChI=1S/C16H13ClFN3OS/c17-11-5-6-15-20-12(9-21(15)8-11)7-19-16(22)10-23-14-4-2-1-3-13(14)18/h1-6,8-9H,7,10H2,(H,19,22). The molecular formula is C16H13ClFN3OS. The molecule has 2 aromatic heterocycles. The summed E-state index contributed by atoms with van der Waals surface area (Å²) in [6.07, 6.45) is 3.56. The van der Waals surface area contributed by atoms with Gasteiger partial charge in [0.05, 0.1) is 23.0 Å². The van der Waals surface area contributed by atoms with Crippen molar-refractivity contribution in [2.75, 3.05) is 5.75 Å². The van der Waals surface area contributed by atoms with E-state index in [4.69, 9.17) is 11.6 Å². The topological polar surface area (TPSA) is 46.4 Å². The maximum Gasteiger partial charge on any atom is 0.230 e. The molecule has 0 atom stereocenters. The molecule has 1 aromatic carbocycles. The number of nitrogens with one attached hydrogen (secondary N) is 1. The molecule has 118 valence electrons. The molecular weight excluding hydrogens is 337 g/mol. The van der Waals surface area contributed by atoms with E-state index in [1.54, 1.807) is 34.9 Å². The zero-order chi connectivity index (χ0) is 16.2. The Bertz CT molecular complexity index is 852. The number of pyridine rings is 1. The third-order valence-electron chi connectivity index (χ3n) is 3.13. The fourth-order valence-electron chi connectivity index (χ4n) is 2.05. The average molecular weight is 350 g/mol. The summed E-state index contributed by atoms with van der Waals surface area (Å²) in [6.45, 7) is 0.315. The molecule has 0 fully saturated rings. The number of carbonyl (C=O) groups is 1. The zero-order valence-corrected chi connectivity index (χ0v) is 13.6. The van der Waals surface area contributed by atoms with Gasteiger partial charge in [-0.1, -0.05) is 23.7 Å². The van der Waals surface area contributed by atoms with Crippen LogP contribution in [0, 0.1) is 5.82 Å². The quantitative estimate of drug-likeness (QED) is 0.717. The molecule has 0 spiro atoms. The highest BCUT2D eigenvalue weighted by Crippen LogP contribution is 2.20. The summed E-state index contributed by atoms with van der Waals surface area (Å²) < 4.78 is 15.3. The number of nitrogens with zero attached hydrogens (tertiary/aromatic N) is 2. The summed E-state index contributed by atoms with van der Waals surface area (Å²) in [5.74, 6) is -0.337. The number of rotatable bonds is 5. The molecule has 0 aliphatic heterocycles.